The zero-order valence-corrected chi connectivity index (χ0v) is 14.2. The Balaban J connectivity index is 2.26. The summed E-state index contributed by atoms with van der Waals surface area (Å²) in [5.74, 6) is -0.318. The smallest absolute Gasteiger partial charge is 0.234 e. The number of hydrogen-bond donors (Lipinski definition) is 1. The third-order valence-electron chi connectivity index (χ3n) is 3.55. The van der Waals surface area contributed by atoms with Crippen LogP contribution in [0.15, 0.2) is 46.9 Å². The second-order valence-corrected chi connectivity index (χ2v) is 6.35. The molecule has 0 radical (unpaired) electrons. The van der Waals surface area contributed by atoms with Crippen molar-refractivity contribution in [2.45, 2.75) is 19.3 Å². The Bertz CT molecular complexity index is 684. The average Bonchev–Trinajstić information content (AvgIpc) is 2.49. The van der Waals surface area contributed by atoms with Crippen LogP contribution in [0.3, 0.4) is 0 Å². The summed E-state index contributed by atoms with van der Waals surface area (Å²) in [4.78, 5) is 12.6. The van der Waals surface area contributed by atoms with E-state index in [1.54, 1.807) is 0 Å². The van der Waals surface area contributed by atoms with Gasteiger partial charge in [-0.15, -0.1) is 0 Å². The lowest BCUT2D eigenvalue weighted by atomic mass is 9.83. The molecule has 0 atom stereocenters. The number of anilines is 1. The highest BCUT2D eigenvalue weighted by Crippen LogP contribution is 2.30. The van der Waals surface area contributed by atoms with Crippen molar-refractivity contribution in [2.75, 3.05) is 12.4 Å². The van der Waals surface area contributed by atoms with Gasteiger partial charge in [-0.1, -0.05) is 28.1 Å². The maximum Gasteiger partial charge on any atom is 0.234 e. The minimum atomic E-state index is -0.736. The molecule has 0 aliphatic rings. The zero-order chi connectivity index (χ0) is 16.3. The second kappa shape index (κ2) is 6.48. The summed E-state index contributed by atoms with van der Waals surface area (Å²) in [5, 5.41) is 2.80. The molecule has 0 spiro atoms. The van der Waals surface area contributed by atoms with E-state index in [9.17, 15) is 9.18 Å². The summed E-state index contributed by atoms with van der Waals surface area (Å²) in [6, 6.07) is 11.6. The Morgan fingerprint density at radius 3 is 2.41 bits per heavy atom. The maximum absolute atomic E-state index is 13.2. The Labute approximate surface area is 137 Å². The van der Waals surface area contributed by atoms with E-state index in [4.69, 9.17) is 4.74 Å². The fourth-order valence-electron chi connectivity index (χ4n) is 2.04. The monoisotopic (exact) mass is 365 g/mol. The minimum Gasteiger partial charge on any atom is -0.494 e. The van der Waals surface area contributed by atoms with E-state index in [0.717, 1.165) is 10.0 Å². The molecule has 0 aromatic heterocycles. The van der Waals surface area contributed by atoms with Crippen LogP contribution >= 0.6 is 15.9 Å². The lowest BCUT2D eigenvalue weighted by Crippen LogP contribution is -2.34. The SMILES string of the molecule is COc1cc(F)ccc1NC(=O)C(C)(C)c1ccc(Br)cc1. The molecule has 0 saturated heterocycles. The van der Waals surface area contributed by atoms with Gasteiger partial charge in [0, 0.05) is 10.5 Å². The van der Waals surface area contributed by atoms with Crippen molar-refractivity contribution >= 4 is 27.5 Å². The number of halogens is 2. The van der Waals surface area contributed by atoms with E-state index in [-0.39, 0.29) is 5.91 Å². The highest BCUT2D eigenvalue weighted by molar-refractivity contribution is 9.10. The van der Waals surface area contributed by atoms with Gasteiger partial charge < -0.3 is 10.1 Å². The van der Waals surface area contributed by atoms with Crippen LogP contribution in [0.25, 0.3) is 0 Å². The molecule has 5 heteroatoms. The molecular formula is C17H17BrFNO2. The lowest BCUT2D eigenvalue weighted by Gasteiger charge is -2.24. The van der Waals surface area contributed by atoms with E-state index in [1.165, 1.54) is 25.3 Å². The van der Waals surface area contributed by atoms with E-state index in [2.05, 4.69) is 21.2 Å². The van der Waals surface area contributed by atoms with E-state index >= 15 is 0 Å². The summed E-state index contributed by atoms with van der Waals surface area (Å²) < 4.78 is 19.3. The molecule has 116 valence electrons. The molecule has 0 aliphatic carbocycles. The molecular weight excluding hydrogens is 349 g/mol. The van der Waals surface area contributed by atoms with Crippen LogP contribution in [0.5, 0.6) is 5.75 Å². The molecule has 2 rings (SSSR count). The van der Waals surface area contributed by atoms with Crippen LogP contribution in [0, 0.1) is 5.82 Å². The molecule has 0 fully saturated rings. The van der Waals surface area contributed by atoms with Crippen LogP contribution in [-0.2, 0) is 10.2 Å². The largest absolute Gasteiger partial charge is 0.494 e. The van der Waals surface area contributed by atoms with Crippen LogP contribution in [0.2, 0.25) is 0 Å². The zero-order valence-electron chi connectivity index (χ0n) is 12.6. The highest BCUT2D eigenvalue weighted by atomic mass is 79.9. The first kappa shape index (κ1) is 16.5. The van der Waals surface area contributed by atoms with Crippen molar-refractivity contribution in [3.63, 3.8) is 0 Å². The fourth-order valence-corrected chi connectivity index (χ4v) is 2.31. The van der Waals surface area contributed by atoms with Crippen LogP contribution in [0.4, 0.5) is 10.1 Å². The van der Waals surface area contributed by atoms with Crippen LogP contribution in [-0.4, -0.2) is 13.0 Å². The van der Waals surface area contributed by atoms with Crippen molar-refractivity contribution in [1.82, 2.24) is 0 Å². The van der Waals surface area contributed by atoms with Gasteiger partial charge >= 0.3 is 0 Å². The Hall–Kier alpha value is -1.88. The van der Waals surface area contributed by atoms with E-state index in [0.29, 0.717) is 11.4 Å². The number of carbonyl (C=O) groups is 1. The predicted octanol–water partition coefficient (Wildman–Crippen LogP) is 4.51. The number of carbonyl (C=O) groups excluding carboxylic acids is 1. The molecule has 1 amide bonds. The third-order valence-corrected chi connectivity index (χ3v) is 4.07. The van der Waals surface area contributed by atoms with E-state index < -0.39 is 11.2 Å². The van der Waals surface area contributed by atoms with Crippen molar-refractivity contribution in [3.05, 3.63) is 58.3 Å². The van der Waals surface area contributed by atoms with Crippen LogP contribution < -0.4 is 10.1 Å². The number of ether oxygens (including phenoxy) is 1. The Morgan fingerprint density at radius 2 is 1.82 bits per heavy atom. The van der Waals surface area contributed by atoms with Crippen molar-refractivity contribution in [1.29, 1.82) is 0 Å². The first-order valence-corrected chi connectivity index (χ1v) is 7.55. The molecule has 0 saturated carbocycles. The Morgan fingerprint density at radius 1 is 1.18 bits per heavy atom. The molecule has 1 N–H and O–H groups in total. The third kappa shape index (κ3) is 3.47. The highest BCUT2D eigenvalue weighted by Gasteiger charge is 2.30. The number of amides is 1. The molecule has 3 nitrogen and oxygen atoms in total. The first-order valence-electron chi connectivity index (χ1n) is 6.75. The molecule has 2 aromatic carbocycles. The molecule has 0 bridgehead atoms. The quantitative estimate of drug-likeness (QED) is 0.865. The standard InChI is InChI=1S/C17H17BrFNO2/c1-17(2,11-4-6-12(18)7-5-11)16(21)20-14-9-8-13(19)10-15(14)22-3/h4-10H,1-3H3,(H,20,21). The maximum atomic E-state index is 13.2. The number of hydrogen-bond acceptors (Lipinski definition) is 2. The lowest BCUT2D eigenvalue weighted by molar-refractivity contribution is -0.120. The summed E-state index contributed by atoms with van der Waals surface area (Å²) in [5.41, 5.74) is 0.591. The van der Waals surface area contributed by atoms with Crippen molar-refractivity contribution in [2.24, 2.45) is 0 Å². The van der Waals surface area contributed by atoms with Gasteiger partial charge in [-0.25, -0.2) is 4.39 Å². The number of benzene rings is 2. The normalized spacial score (nSPS) is 11.1. The summed E-state index contributed by atoms with van der Waals surface area (Å²) in [6.07, 6.45) is 0. The summed E-state index contributed by atoms with van der Waals surface area (Å²) in [6.45, 7) is 3.67. The predicted molar refractivity (Wildman–Crippen MR) is 88.7 cm³/mol. The minimum absolute atomic E-state index is 0.195. The van der Waals surface area contributed by atoms with Gasteiger partial charge in [0.2, 0.25) is 5.91 Å². The molecule has 0 aliphatic heterocycles. The number of nitrogens with one attached hydrogen (secondary N) is 1. The average molecular weight is 366 g/mol. The van der Waals surface area contributed by atoms with Crippen LogP contribution in [0.1, 0.15) is 19.4 Å². The van der Waals surface area contributed by atoms with Crippen molar-refractivity contribution in [3.8, 4) is 5.75 Å². The second-order valence-electron chi connectivity index (χ2n) is 5.43. The topological polar surface area (TPSA) is 38.3 Å². The first-order chi connectivity index (χ1) is 10.3. The fraction of sp³-hybridized carbons (Fsp3) is 0.235. The van der Waals surface area contributed by atoms with Gasteiger partial charge in [-0.05, 0) is 43.7 Å². The van der Waals surface area contributed by atoms with Gasteiger partial charge in [0.15, 0.2) is 0 Å². The number of methoxy groups -OCH3 is 1. The van der Waals surface area contributed by atoms with Gasteiger partial charge in [0.25, 0.3) is 0 Å². The summed E-state index contributed by atoms with van der Waals surface area (Å²) in [7, 11) is 1.43. The van der Waals surface area contributed by atoms with Gasteiger partial charge in [-0.3, -0.25) is 4.79 Å². The Kier molecular flexibility index (Phi) is 4.86. The van der Waals surface area contributed by atoms with Gasteiger partial charge in [0.1, 0.15) is 11.6 Å². The molecule has 0 heterocycles. The molecule has 22 heavy (non-hydrogen) atoms. The van der Waals surface area contributed by atoms with Gasteiger partial charge in [-0.2, -0.15) is 0 Å². The summed E-state index contributed by atoms with van der Waals surface area (Å²) >= 11 is 3.38. The number of rotatable bonds is 4. The van der Waals surface area contributed by atoms with Crippen molar-refractivity contribution < 1.29 is 13.9 Å². The molecule has 0 unspecified atom stereocenters. The molecule has 2 aromatic rings. The van der Waals surface area contributed by atoms with Gasteiger partial charge in [0.05, 0.1) is 18.2 Å². The van der Waals surface area contributed by atoms with E-state index in [1.807, 2.05) is 38.1 Å².